The van der Waals surface area contributed by atoms with Gasteiger partial charge in [-0.2, -0.15) is 0 Å². The van der Waals surface area contributed by atoms with E-state index in [9.17, 15) is 4.79 Å². The van der Waals surface area contributed by atoms with E-state index in [2.05, 4.69) is 34.6 Å². The van der Waals surface area contributed by atoms with Crippen LogP contribution in [-0.2, 0) is 0 Å². The summed E-state index contributed by atoms with van der Waals surface area (Å²) in [5.74, 6) is 0.210. The summed E-state index contributed by atoms with van der Waals surface area (Å²) in [6.45, 7) is 3.37. The lowest BCUT2D eigenvalue weighted by molar-refractivity contribution is 0.0975. The molecular formula is C21H25N3O2S. The Morgan fingerprint density at radius 2 is 1.89 bits per heavy atom. The second-order valence-electron chi connectivity index (χ2n) is 6.69. The number of nitrogens with one attached hydrogen (secondary N) is 2. The van der Waals surface area contributed by atoms with E-state index in [1.807, 2.05) is 18.2 Å². The number of hydrogen-bond donors (Lipinski definition) is 2. The van der Waals surface area contributed by atoms with Crippen LogP contribution >= 0.6 is 12.2 Å². The van der Waals surface area contributed by atoms with Gasteiger partial charge >= 0.3 is 0 Å². The first kappa shape index (κ1) is 19.2. The Bertz CT molecular complexity index is 807. The Morgan fingerprint density at radius 3 is 2.59 bits per heavy atom. The number of nitrogens with zero attached hydrogens (tertiary/aromatic N) is 1. The molecule has 1 aliphatic heterocycles. The predicted octanol–water partition coefficient (Wildman–Crippen LogP) is 4.20. The SMILES string of the molecule is COc1ccccc1C(=O)NC(=S)Nc1ccc(N2CCCC[C@@H]2C)cc1. The number of ether oxygens (including phenoxy) is 1. The molecular weight excluding hydrogens is 358 g/mol. The number of carbonyl (C=O) groups is 1. The maximum atomic E-state index is 12.4. The second-order valence-corrected chi connectivity index (χ2v) is 7.10. The largest absolute Gasteiger partial charge is 0.496 e. The average Bonchev–Trinajstić information content (AvgIpc) is 2.69. The fourth-order valence-corrected chi connectivity index (χ4v) is 3.59. The minimum atomic E-state index is -0.302. The fraction of sp³-hybridized carbons (Fsp3) is 0.333. The van der Waals surface area contributed by atoms with E-state index < -0.39 is 0 Å². The van der Waals surface area contributed by atoms with Gasteiger partial charge in [0.05, 0.1) is 12.7 Å². The summed E-state index contributed by atoms with van der Waals surface area (Å²) in [5, 5.41) is 6.01. The topological polar surface area (TPSA) is 53.6 Å². The third kappa shape index (κ3) is 4.77. The van der Waals surface area contributed by atoms with Gasteiger partial charge in [0.25, 0.3) is 5.91 Å². The Labute approximate surface area is 165 Å². The van der Waals surface area contributed by atoms with Gasteiger partial charge in [0.2, 0.25) is 0 Å². The molecule has 1 fully saturated rings. The molecule has 27 heavy (non-hydrogen) atoms. The van der Waals surface area contributed by atoms with E-state index in [4.69, 9.17) is 17.0 Å². The van der Waals surface area contributed by atoms with Crippen molar-refractivity contribution in [1.29, 1.82) is 0 Å². The molecule has 0 aliphatic carbocycles. The van der Waals surface area contributed by atoms with Crippen LogP contribution in [0.25, 0.3) is 0 Å². The molecule has 142 valence electrons. The maximum Gasteiger partial charge on any atom is 0.261 e. The van der Waals surface area contributed by atoms with Crippen molar-refractivity contribution in [3.63, 3.8) is 0 Å². The molecule has 5 nitrogen and oxygen atoms in total. The summed E-state index contributed by atoms with van der Waals surface area (Å²) in [7, 11) is 1.54. The van der Waals surface area contributed by atoms with Gasteiger partial charge in [-0.3, -0.25) is 10.1 Å². The lowest BCUT2D eigenvalue weighted by Gasteiger charge is -2.35. The minimum Gasteiger partial charge on any atom is -0.496 e. The van der Waals surface area contributed by atoms with Crippen LogP contribution in [0.4, 0.5) is 11.4 Å². The Kier molecular flexibility index (Phi) is 6.29. The molecule has 2 N–H and O–H groups in total. The number of anilines is 2. The molecule has 0 unspecified atom stereocenters. The zero-order chi connectivity index (χ0) is 19.2. The maximum absolute atomic E-state index is 12.4. The van der Waals surface area contributed by atoms with Crippen molar-refractivity contribution in [3.8, 4) is 5.75 Å². The summed E-state index contributed by atoms with van der Waals surface area (Å²) in [6, 6.07) is 15.8. The quantitative estimate of drug-likeness (QED) is 0.775. The number of amides is 1. The zero-order valence-electron chi connectivity index (χ0n) is 15.7. The summed E-state index contributed by atoms with van der Waals surface area (Å²) in [4.78, 5) is 14.8. The second kappa shape index (κ2) is 8.86. The van der Waals surface area contributed by atoms with Gasteiger partial charge in [-0.05, 0) is 74.8 Å². The lowest BCUT2D eigenvalue weighted by atomic mass is 10.0. The summed E-state index contributed by atoms with van der Waals surface area (Å²) in [5.41, 5.74) is 2.50. The van der Waals surface area contributed by atoms with Gasteiger partial charge in [0, 0.05) is 24.0 Å². The highest BCUT2D eigenvalue weighted by Crippen LogP contribution is 2.25. The van der Waals surface area contributed by atoms with E-state index in [0.717, 1.165) is 12.2 Å². The number of hydrogen-bond acceptors (Lipinski definition) is 4. The van der Waals surface area contributed by atoms with Crippen molar-refractivity contribution in [2.75, 3.05) is 23.9 Å². The molecule has 0 saturated carbocycles. The predicted molar refractivity (Wildman–Crippen MR) is 114 cm³/mol. The Balaban J connectivity index is 1.60. The molecule has 3 rings (SSSR count). The highest BCUT2D eigenvalue weighted by atomic mass is 32.1. The minimum absolute atomic E-state index is 0.255. The molecule has 0 spiro atoms. The van der Waals surface area contributed by atoms with E-state index >= 15 is 0 Å². The average molecular weight is 384 g/mol. The molecule has 1 amide bonds. The molecule has 0 bridgehead atoms. The molecule has 2 aromatic carbocycles. The molecule has 1 atom stereocenters. The van der Waals surface area contributed by atoms with Crippen molar-refractivity contribution in [2.45, 2.75) is 32.2 Å². The van der Waals surface area contributed by atoms with E-state index in [1.54, 1.807) is 18.2 Å². The number of carbonyl (C=O) groups excluding carboxylic acids is 1. The van der Waals surface area contributed by atoms with E-state index in [-0.39, 0.29) is 11.0 Å². The van der Waals surface area contributed by atoms with Crippen LogP contribution in [-0.4, -0.2) is 30.7 Å². The highest BCUT2D eigenvalue weighted by molar-refractivity contribution is 7.80. The number of piperidine rings is 1. The third-order valence-corrected chi connectivity index (χ3v) is 5.04. The number of methoxy groups -OCH3 is 1. The van der Waals surface area contributed by atoms with Crippen LogP contribution in [0.5, 0.6) is 5.75 Å². The molecule has 1 heterocycles. The van der Waals surface area contributed by atoms with E-state index in [0.29, 0.717) is 17.4 Å². The summed E-state index contributed by atoms with van der Waals surface area (Å²) in [6.07, 6.45) is 3.78. The fourth-order valence-electron chi connectivity index (χ4n) is 3.38. The number of thiocarbonyl (C=S) groups is 1. The number of para-hydroxylation sites is 1. The van der Waals surface area contributed by atoms with Crippen LogP contribution in [0.1, 0.15) is 36.5 Å². The molecule has 1 aliphatic rings. The molecule has 0 radical (unpaired) electrons. The zero-order valence-corrected chi connectivity index (χ0v) is 16.5. The standard InChI is InChI=1S/C21H25N3O2S/c1-15-7-5-6-14-24(15)17-12-10-16(11-13-17)22-21(27)23-20(25)18-8-3-4-9-19(18)26-2/h3-4,8-13,15H,5-7,14H2,1-2H3,(H2,22,23,25,27)/t15-/m0/s1. The van der Waals surface area contributed by atoms with Crippen molar-refractivity contribution in [1.82, 2.24) is 5.32 Å². The van der Waals surface area contributed by atoms with Crippen LogP contribution in [0.3, 0.4) is 0 Å². The van der Waals surface area contributed by atoms with Crippen molar-refractivity contribution in [3.05, 3.63) is 54.1 Å². The van der Waals surface area contributed by atoms with Crippen LogP contribution < -0.4 is 20.3 Å². The van der Waals surface area contributed by atoms with Crippen LogP contribution in [0.15, 0.2) is 48.5 Å². The molecule has 2 aromatic rings. The van der Waals surface area contributed by atoms with Gasteiger partial charge in [-0.25, -0.2) is 0 Å². The van der Waals surface area contributed by atoms with Crippen LogP contribution in [0.2, 0.25) is 0 Å². The Hall–Kier alpha value is -2.60. The summed E-state index contributed by atoms with van der Waals surface area (Å²) < 4.78 is 5.22. The van der Waals surface area contributed by atoms with Gasteiger partial charge in [-0.1, -0.05) is 12.1 Å². The third-order valence-electron chi connectivity index (χ3n) is 4.84. The first-order chi connectivity index (χ1) is 13.1. The first-order valence-electron chi connectivity index (χ1n) is 9.20. The van der Waals surface area contributed by atoms with Crippen molar-refractivity contribution in [2.24, 2.45) is 0 Å². The van der Waals surface area contributed by atoms with Crippen molar-refractivity contribution >= 4 is 34.6 Å². The van der Waals surface area contributed by atoms with Gasteiger partial charge in [0.1, 0.15) is 5.75 Å². The monoisotopic (exact) mass is 383 g/mol. The molecule has 0 aromatic heterocycles. The van der Waals surface area contributed by atoms with Crippen molar-refractivity contribution < 1.29 is 9.53 Å². The smallest absolute Gasteiger partial charge is 0.261 e. The Morgan fingerprint density at radius 1 is 1.15 bits per heavy atom. The molecule has 6 heteroatoms. The number of benzene rings is 2. The summed E-state index contributed by atoms with van der Waals surface area (Å²) >= 11 is 5.27. The van der Waals surface area contributed by atoms with Gasteiger partial charge in [0.15, 0.2) is 5.11 Å². The van der Waals surface area contributed by atoms with Gasteiger partial charge in [-0.15, -0.1) is 0 Å². The normalized spacial score (nSPS) is 16.5. The molecule has 1 saturated heterocycles. The van der Waals surface area contributed by atoms with E-state index in [1.165, 1.54) is 32.1 Å². The lowest BCUT2D eigenvalue weighted by Crippen LogP contribution is -2.37. The first-order valence-corrected chi connectivity index (χ1v) is 9.61. The number of rotatable bonds is 4. The highest BCUT2D eigenvalue weighted by Gasteiger charge is 2.18. The van der Waals surface area contributed by atoms with Gasteiger partial charge < -0.3 is 15.0 Å². The van der Waals surface area contributed by atoms with Crippen LogP contribution in [0, 0.1) is 0 Å².